The zero-order valence-electron chi connectivity index (χ0n) is 17.3. The number of carbonyl (C=O) groups excluding carboxylic acids is 5. The van der Waals surface area contributed by atoms with Gasteiger partial charge in [0.15, 0.2) is 6.61 Å². The van der Waals surface area contributed by atoms with Crippen LogP contribution in [0.1, 0.15) is 29.3 Å². The zero-order valence-corrected chi connectivity index (χ0v) is 17.3. The van der Waals surface area contributed by atoms with Gasteiger partial charge in [0, 0.05) is 5.56 Å². The highest BCUT2D eigenvalue weighted by molar-refractivity contribution is 6.09. The van der Waals surface area contributed by atoms with Crippen LogP contribution >= 0.6 is 0 Å². The molecule has 0 radical (unpaired) electrons. The molecule has 32 heavy (non-hydrogen) atoms. The van der Waals surface area contributed by atoms with Gasteiger partial charge in [0.05, 0.1) is 0 Å². The van der Waals surface area contributed by atoms with Crippen LogP contribution in [0, 0.1) is 0 Å². The molecule has 0 bridgehead atoms. The minimum Gasteiger partial charge on any atom is -0.454 e. The van der Waals surface area contributed by atoms with Gasteiger partial charge in [0.1, 0.15) is 12.1 Å². The molecule has 0 spiro atoms. The van der Waals surface area contributed by atoms with Gasteiger partial charge in [-0.2, -0.15) is 0 Å². The van der Waals surface area contributed by atoms with E-state index < -0.39 is 48.4 Å². The molecular weight excluding hydrogens is 416 g/mol. The number of nitrogens with zero attached hydrogens (tertiary/aromatic N) is 1. The summed E-state index contributed by atoms with van der Waals surface area (Å²) >= 11 is 0. The fourth-order valence-electron chi connectivity index (χ4n) is 3.28. The van der Waals surface area contributed by atoms with E-state index in [1.165, 1.54) is 0 Å². The minimum atomic E-state index is -1.27. The summed E-state index contributed by atoms with van der Waals surface area (Å²) in [5, 5.41) is 2.65. The maximum atomic E-state index is 13.0. The Labute approximate surface area is 183 Å². The first-order valence-electron chi connectivity index (χ1n) is 9.87. The van der Waals surface area contributed by atoms with E-state index in [0.717, 1.165) is 4.90 Å². The van der Waals surface area contributed by atoms with Gasteiger partial charge in [0.25, 0.3) is 17.7 Å². The van der Waals surface area contributed by atoms with Gasteiger partial charge in [-0.25, -0.2) is 4.79 Å². The maximum absolute atomic E-state index is 13.0. The number of esters is 1. The molecule has 1 saturated heterocycles. The average Bonchev–Trinajstić information content (AvgIpc) is 3.07. The van der Waals surface area contributed by atoms with E-state index in [-0.39, 0.29) is 6.42 Å². The highest BCUT2D eigenvalue weighted by atomic mass is 16.5. The molecule has 3 rings (SSSR count). The summed E-state index contributed by atoms with van der Waals surface area (Å²) in [7, 11) is 0. The van der Waals surface area contributed by atoms with Gasteiger partial charge >= 0.3 is 12.0 Å². The standard InChI is InChI=1S/C22H22N4O6/c1-2-22(16-11-7-4-8-12-16)20(30)26(21(31)23-22)13-18(28)32-14-17(27)24-25-19(29)15-9-5-3-6-10-15/h3-12H,2,13-14H2,1H3,(H,23,31)(H,24,27)(H,25,29). The third-order valence-corrected chi connectivity index (χ3v) is 4.98. The molecule has 166 valence electrons. The van der Waals surface area contributed by atoms with Gasteiger partial charge in [-0.1, -0.05) is 55.5 Å². The molecule has 0 aromatic heterocycles. The highest BCUT2D eigenvalue weighted by Gasteiger charge is 2.51. The molecule has 10 heteroatoms. The number of amides is 5. The predicted molar refractivity (Wildman–Crippen MR) is 112 cm³/mol. The van der Waals surface area contributed by atoms with E-state index >= 15 is 0 Å². The lowest BCUT2D eigenvalue weighted by molar-refractivity contribution is -0.151. The van der Waals surface area contributed by atoms with Crippen LogP contribution in [-0.4, -0.2) is 47.8 Å². The number of ether oxygens (including phenoxy) is 1. The van der Waals surface area contributed by atoms with Crippen molar-refractivity contribution < 1.29 is 28.7 Å². The Morgan fingerprint density at radius 2 is 1.59 bits per heavy atom. The maximum Gasteiger partial charge on any atom is 0.326 e. The van der Waals surface area contributed by atoms with Crippen molar-refractivity contribution in [1.29, 1.82) is 0 Å². The summed E-state index contributed by atoms with van der Waals surface area (Å²) in [6.45, 7) is 0.402. The molecule has 1 fully saturated rings. The van der Waals surface area contributed by atoms with Crippen LogP contribution in [0.25, 0.3) is 0 Å². The molecule has 1 unspecified atom stereocenters. The molecule has 2 aromatic rings. The highest BCUT2D eigenvalue weighted by Crippen LogP contribution is 2.32. The third kappa shape index (κ3) is 4.75. The number of carbonyl (C=O) groups is 5. The van der Waals surface area contributed by atoms with Crippen molar-refractivity contribution in [2.24, 2.45) is 0 Å². The predicted octanol–water partition coefficient (Wildman–Crippen LogP) is 0.848. The Hall–Kier alpha value is -4.21. The van der Waals surface area contributed by atoms with E-state index in [9.17, 15) is 24.0 Å². The van der Waals surface area contributed by atoms with Crippen molar-refractivity contribution in [3.8, 4) is 0 Å². The Kier molecular flexibility index (Phi) is 6.83. The van der Waals surface area contributed by atoms with E-state index in [1.807, 2.05) is 0 Å². The lowest BCUT2D eigenvalue weighted by Crippen LogP contribution is -2.45. The molecular formula is C22H22N4O6. The van der Waals surface area contributed by atoms with Crippen LogP contribution in [0.5, 0.6) is 0 Å². The van der Waals surface area contributed by atoms with Crippen molar-refractivity contribution in [2.75, 3.05) is 13.2 Å². The van der Waals surface area contributed by atoms with Crippen LogP contribution in [0.2, 0.25) is 0 Å². The molecule has 0 aliphatic carbocycles. The van der Waals surface area contributed by atoms with Crippen molar-refractivity contribution >= 4 is 29.7 Å². The number of hydrogen-bond acceptors (Lipinski definition) is 6. The fourth-order valence-corrected chi connectivity index (χ4v) is 3.28. The third-order valence-electron chi connectivity index (χ3n) is 4.98. The van der Waals surface area contributed by atoms with E-state index in [2.05, 4.69) is 16.2 Å². The quantitative estimate of drug-likeness (QED) is 0.333. The number of nitrogens with one attached hydrogen (secondary N) is 3. The summed E-state index contributed by atoms with van der Waals surface area (Å²) in [6, 6.07) is 16.2. The van der Waals surface area contributed by atoms with Crippen LogP contribution < -0.4 is 16.2 Å². The summed E-state index contributed by atoms with van der Waals surface area (Å²) in [5.74, 6) is -2.85. The smallest absolute Gasteiger partial charge is 0.326 e. The van der Waals surface area contributed by atoms with Crippen LogP contribution in [-0.2, 0) is 24.7 Å². The molecule has 1 heterocycles. The minimum absolute atomic E-state index is 0.288. The molecule has 1 atom stereocenters. The SMILES string of the molecule is CCC1(c2ccccc2)NC(=O)N(CC(=O)OCC(=O)NNC(=O)c2ccccc2)C1=O. The van der Waals surface area contributed by atoms with Gasteiger partial charge in [-0.3, -0.25) is 34.9 Å². The first-order valence-corrected chi connectivity index (χ1v) is 9.87. The zero-order chi connectivity index (χ0) is 23.1. The molecule has 0 saturated carbocycles. The number of rotatable bonds is 7. The van der Waals surface area contributed by atoms with Crippen molar-refractivity contribution in [1.82, 2.24) is 21.1 Å². The number of urea groups is 1. The second kappa shape index (κ2) is 9.73. The Morgan fingerprint density at radius 3 is 2.22 bits per heavy atom. The van der Waals surface area contributed by atoms with E-state index in [4.69, 9.17) is 4.74 Å². The summed E-state index contributed by atoms with van der Waals surface area (Å²) in [5.41, 5.74) is 3.97. The van der Waals surface area contributed by atoms with E-state index in [0.29, 0.717) is 11.1 Å². The molecule has 5 amide bonds. The number of benzene rings is 2. The Bertz CT molecular complexity index is 1030. The lowest BCUT2D eigenvalue weighted by Gasteiger charge is -2.25. The number of imide groups is 1. The largest absolute Gasteiger partial charge is 0.454 e. The first kappa shape index (κ1) is 22.5. The molecule has 3 N–H and O–H groups in total. The second-order valence-electron chi connectivity index (χ2n) is 6.98. The second-order valence-corrected chi connectivity index (χ2v) is 6.98. The fraction of sp³-hybridized carbons (Fsp3) is 0.227. The van der Waals surface area contributed by atoms with Gasteiger partial charge in [-0.15, -0.1) is 0 Å². The normalized spacial score (nSPS) is 17.5. The summed E-state index contributed by atoms with van der Waals surface area (Å²) in [6.07, 6.45) is 0.288. The topological polar surface area (TPSA) is 134 Å². The van der Waals surface area contributed by atoms with E-state index in [1.54, 1.807) is 67.6 Å². The lowest BCUT2D eigenvalue weighted by atomic mass is 9.87. The molecule has 1 aliphatic rings. The van der Waals surface area contributed by atoms with Crippen molar-refractivity contribution in [2.45, 2.75) is 18.9 Å². The summed E-state index contributed by atoms with van der Waals surface area (Å²) in [4.78, 5) is 61.9. The Balaban J connectivity index is 1.51. The van der Waals surface area contributed by atoms with Gasteiger partial charge < -0.3 is 10.1 Å². The molecule has 2 aromatic carbocycles. The average molecular weight is 438 g/mol. The molecule has 1 aliphatic heterocycles. The number of hydrogen-bond donors (Lipinski definition) is 3. The monoisotopic (exact) mass is 438 g/mol. The van der Waals surface area contributed by atoms with Crippen LogP contribution in [0.4, 0.5) is 4.79 Å². The van der Waals surface area contributed by atoms with Crippen molar-refractivity contribution in [3.05, 3.63) is 71.8 Å². The Morgan fingerprint density at radius 1 is 0.969 bits per heavy atom. The first-order chi connectivity index (χ1) is 15.4. The van der Waals surface area contributed by atoms with Crippen LogP contribution in [0.15, 0.2) is 60.7 Å². The van der Waals surface area contributed by atoms with Crippen molar-refractivity contribution in [3.63, 3.8) is 0 Å². The summed E-state index contributed by atoms with van der Waals surface area (Å²) < 4.78 is 4.83. The molecule has 10 nitrogen and oxygen atoms in total. The van der Waals surface area contributed by atoms with Crippen LogP contribution in [0.3, 0.4) is 0 Å². The van der Waals surface area contributed by atoms with Gasteiger partial charge in [-0.05, 0) is 24.1 Å². The van der Waals surface area contributed by atoms with Gasteiger partial charge in [0.2, 0.25) is 0 Å². The number of hydrazine groups is 1.